The van der Waals surface area contributed by atoms with Crippen LogP contribution >= 0.6 is 0 Å². The minimum absolute atomic E-state index is 0. The third kappa shape index (κ3) is 246. The molecule has 0 radical (unpaired) electrons. The maximum absolute atomic E-state index is 8.58. The van der Waals surface area contributed by atoms with Crippen LogP contribution < -0.4 is 137 Å². The number of hydrogen-bond acceptors (Lipinski definition) is 5. The van der Waals surface area contributed by atoms with E-state index in [0.29, 0.717) is 0 Å². The summed E-state index contributed by atoms with van der Waals surface area (Å²) in [6, 6.07) is 0. The summed E-state index contributed by atoms with van der Waals surface area (Å²) in [5, 5.41) is 13.9. The second-order valence-corrected chi connectivity index (χ2v) is 1.78. The average Bonchev–Trinajstić information content (AvgIpc) is 1.19. The Morgan fingerprint density at radius 3 is 0.846 bits per heavy atom. The van der Waals surface area contributed by atoms with Crippen LogP contribution in [0.25, 0.3) is 0 Å². The zero-order chi connectivity index (χ0) is 8.08. The third-order valence-electron chi connectivity index (χ3n) is 0. The Labute approximate surface area is 164 Å². The zero-order valence-corrected chi connectivity index (χ0v) is 16.9. The third-order valence-corrected chi connectivity index (χ3v) is 0. The van der Waals surface area contributed by atoms with Gasteiger partial charge in [0.2, 0.25) is 0 Å². The standard InChI is InChI=1S/CH2O3.4Na.O4Si/c2-1(3)4;;;;;1-5(2,3)4/h(H2,2,3,4);;;;;/q;4*+1;-4. The molecule has 0 atom stereocenters. The van der Waals surface area contributed by atoms with Gasteiger partial charge in [0.05, 0.1) is 0 Å². The molecule has 0 aromatic heterocycles. The fourth-order valence-corrected chi connectivity index (χ4v) is 0. The van der Waals surface area contributed by atoms with E-state index in [1.165, 1.54) is 0 Å². The van der Waals surface area contributed by atoms with Crippen LogP contribution in [0.5, 0.6) is 0 Å². The summed E-state index contributed by atoms with van der Waals surface area (Å²) in [7, 11) is -5.61. The van der Waals surface area contributed by atoms with E-state index >= 15 is 0 Å². The monoisotopic (exact) mass is 246 g/mol. The summed E-state index contributed by atoms with van der Waals surface area (Å²) in [6.45, 7) is 0. The van der Waals surface area contributed by atoms with Crippen LogP contribution in [-0.2, 0) is 0 Å². The van der Waals surface area contributed by atoms with Crippen molar-refractivity contribution in [2.45, 2.75) is 0 Å². The molecule has 2 N–H and O–H groups in total. The first kappa shape index (κ1) is 36.0. The van der Waals surface area contributed by atoms with Gasteiger partial charge >= 0.3 is 124 Å². The van der Waals surface area contributed by atoms with E-state index in [-0.39, 0.29) is 118 Å². The summed E-state index contributed by atoms with van der Waals surface area (Å²) in [6.07, 6.45) is -1.83. The van der Waals surface area contributed by atoms with E-state index in [1.54, 1.807) is 0 Å². The predicted octanol–water partition coefficient (Wildman–Crippen LogP) is -16.9. The molecule has 56 valence electrons. The minimum atomic E-state index is -5.61. The van der Waals surface area contributed by atoms with Gasteiger partial charge in [0.1, 0.15) is 0 Å². The van der Waals surface area contributed by atoms with Gasteiger partial charge in [0.25, 0.3) is 0 Å². The molecule has 12 heteroatoms. The SMILES string of the molecule is O=C(O)O.[Na+].[Na+].[Na+].[Na+].[O-][Si]([O-])([O-])[O-]. The fourth-order valence-electron chi connectivity index (χ4n) is 0. The van der Waals surface area contributed by atoms with Crippen molar-refractivity contribution in [3.05, 3.63) is 0 Å². The molecule has 0 saturated carbocycles. The smallest absolute Gasteiger partial charge is 0.894 e. The molecule has 0 unspecified atom stereocenters. The van der Waals surface area contributed by atoms with E-state index < -0.39 is 15.2 Å². The molecule has 0 aliphatic heterocycles. The first-order valence-corrected chi connectivity index (χ1v) is 3.10. The second-order valence-electron chi connectivity index (χ2n) is 0.783. The van der Waals surface area contributed by atoms with Crippen molar-refractivity contribution in [3.8, 4) is 0 Å². The second kappa shape index (κ2) is 20.7. The molecule has 7 nitrogen and oxygen atoms in total. The molecular formula is CH2Na4O7Si. The summed E-state index contributed by atoms with van der Waals surface area (Å²) in [4.78, 5) is 42.9. The summed E-state index contributed by atoms with van der Waals surface area (Å²) >= 11 is 0. The van der Waals surface area contributed by atoms with Crippen molar-refractivity contribution in [1.82, 2.24) is 0 Å². The molecule has 0 bridgehead atoms. The molecule has 0 rings (SSSR count). The van der Waals surface area contributed by atoms with Crippen LogP contribution in [0.3, 0.4) is 0 Å². The van der Waals surface area contributed by atoms with Gasteiger partial charge < -0.3 is 38.4 Å². The Morgan fingerprint density at radius 1 is 0.846 bits per heavy atom. The quantitative estimate of drug-likeness (QED) is 0.403. The molecule has 0 amide bonds. The van der Waals surface area contributed by atoms with Crippen LogP contribution in [0.1, 0.15) is 0 Å². The average molecular weight is 246 g/mol. The molecule has 0 saturated heterocycles. The number of carbonyl (C=O) groups is 1. The molecule has 0 aliphatic rings. The molecule has 0 aromatic rings. The van der Waals surface area contributed by atoms with Gasteiger partial charge in [-0.2, -0.15) is 0 Å². The van der Waals surface area contributed by atoms with Gasteiger partial charge in [0, 0.05) is 0 Å². The molecule has 0 heterocycles. The summed E-state index contributed by atoms with van der Waals surface area (Å²) in [5.41, 5.74) is 0. The van der Waals surface area contributed by atoms with Crippen LogP contribution in [-0.4, -0.2) is 25.4 Å². The Kier molecular flexibility index (Phi) is 57.3. The maximum atomic E-state index is 8.58. The number of rotatable bonds is 0. The molecule has 0 spiro atoms. The van der Waals surface area contributed by atoms with Gasteiger partial charge in [-0.05, 0) is 0 Å². The van der Waals surface area contributed by atoms with Crippen molar-refractivity contribution in [2.75, 3.05) is 0 Å². The Balaban J connectivity index is -0.0000000146. The Morgan fingerprint density at radius 2 is 0.846 bits per heavy atom. The van der Waals surface area contributed by atoms with Crippen LogP contribution in [0.15, 0.2) is 0 Å². The van der Waals surface area contributed by atoms with Crippen LogP contribution in [0, 0.1) is 0 Å². The van der Waals surface area contributed by atoms with Crippen LogP contribution in [0.4, 0.5) is 4.79 Å². The predicted molar refractivity (Wildman–Crippen MR) is 16.4 cm³/mol. The molecule has 0 fully saturated rings. The van der Waals surface area contributed by atoms with E-state index in [2.05, 4.69) is 0 Å². The first-order valence-electron chi connectivity index (χ1n) is 1.47. The Hall–Kier alpha value is 3.33. The summed E-state index contributed by atoms with van der Waals surface area (Å²) in [5.74, 6) is 0. The van der Waals surface area contributed by atoms with Crippen molar-refractivity contribution in [2.24, 2.45) is 0 Å². The number of carboxylic acid groups (broad SMARTS) is 2. The summed E-state index contributed by atoms with van der Waals surface area (Å²) < 4.78 is 0. The van der Waals surface area contributed by atoms with Crippen molar-refractivity contribution in [1.29, 1.82) is 0 Å². The van der Waals surface area contributed by atoms with E-state index in [9.17, 15) is 0 Å². The number of hydrogen-bond donors (Lipinski definition) is 2. The zero-order valence-electron chi connectivity index (χ0n) is 7.94. The van der Waals surface area contributed by atoms with Gasteiger partial charge in [0.15, 0.2) is 0 Å². The molecule has 0 aliphatic carbocycles. The minimum Gasteiger partial charge on any atom is -0.894 e. The van der Waals surface area contributed by atoms with Gasteiger partial charge in [-0.1, -0.05) is 0 Å². The van der Waals surface area contributed by atoms with Crippen LogP contribution in [0.2, 0.25) is 0 Å². The maximum Gasteiger partial charge on any atom is 1.00 e. The van der Waals surface area contributed by atoms with Gasteiger partial charge in [-0.25, -0.2) is 4.79 Å². The topological polar surface area (TPSA) is 150 Å². The Bertz CT molecular complexity index is 83.0. The van der Waals surface area contributed by atoms with Crippen molar-refractivity contribution in [3.63, 3.8) is 0 Å². The fraction of sp³-hybridized carbons (Fsp3) is 0. The normalized spacial score (nSPS) is 6.46. The first-order chi connectivity index (χ1) is 3.73. The van der Waals surface area contributed by atoms with Crippen molar-refractivity contribution < 1.29 is 152 Å². The van der Waals surface area contributed by atoms with Crippen molar-refractivity contribution >= 4 is 15.2 Å². The largest absolute Gasteiger partial charge is 1.00 e. The van der Waals surface area contributed by atoms with E-state index in [4.69, 9.17) is 34.2 Å². The van der Waals surface area contributed by atoms with E-state index in [1.807, 2.05) is 0 Å². The molecular weight excluding hydrogens is 244 g/mol. The molecule has 13 heavy (non-hydrogen) atoms. The van der Waals surface area contributed by atoms with E-state index in [0.717, 1.165) is 0 Å². The van der Waals surface area contributed by atoms with Gasteiger partial charge in [-0.3, -0.25) is 0 Å². The molecule has 0 aromatic carbocycles. The van der Waals surface area contributed by atoms with Gasteiger partial charge in [-0.15, -0.1) is 0 Å².